The molecule has 0 amide bonds. The summed E-state index contributed by atoms with van der Waals surface area (Å²) in [5.74, 6) is 0. The summed E-state index contributed by atoms with van der Waals surface area (Å²) in [5, 5.41) is 0.389. The van der Waals surface area contributed by atoms with Crippen LogP contribution in [-0.2, 0) is 16.6 Å². The second-order valence-corrected chi connectivity index (χ2v) is 7.38. The van der Waals surface area contributed by atoms with E-state index in [4.69, 9.17) is 17.3 Å². The highest BCUT2D eigenvalue weighted by Gasteiger charge is 2.27. The molecule has 5 nitrogen and oxygen atoms in total. The molecule has 1 fully saturated rings. The average molecular weight is 318 g/mol. The lowest BCUT2D eigenvalue weighted by Gasteiger charge is -2.16. The molecule has 1 aromatic rings. The number of likely N-dealkylation sites (tertiary alicyclic amines) is 1. The van der Waals surface area contributed by atoms with Gasteiger partial charge in [0.25, 0.3) is 0 Å². The van der Waals surface area contributed by atoms with Gasteiger partial charge in [0.05, 0.1) is 4.90 Å². The molecule has 20 heavy (non-hydrogen) atoms. The highest BCUT2D eigenvalue weighted by molar-refractivity contribution is 7.89. The number of hydrogen-bond acceptors (Lipinski definition) is 4. The fourth-order valence-electron chi connectivity index (χ4n) is 2.51. The summed E-state index contributed by atoms with van der Waals surface area (Å²) in [4.78, 5) is 2.32. The molecule has 1 unspecified atom stereocenters. The number of hydrogen-bond donors (Lipinski definition) is 2. The van der Waals surface area contributed by atoms with Crippen LogP contribution in [0.2, 0.25) is 5.02 Å². The Kier molecular flexibility index (Phi) is 4.71. The third-order valence-corrected chi connectivity index (χ3v) is 5.52. The molecule has 0 spiro atoms. The maximum atomic E-state index is 12.5. The highest BCUT2D eigenvalue weighted by atomic mass is 35.5. The van der Waals surface area contributed by atoms with Crippen molar-refractivity contribution in [3.63, 3.8) is 0 Å². The van der Waals surface area contributed by atoms with Crippen molar-refractivity contribution < 1.29 is 8.42 Å². The number of nitrogens with two attached hydrogens (primary N) is 1. The molecule has 112 valence electrons. The van der Waals surface area contributed by atoms with E-state index in [1.165, 1.54) is 6.07 Å². The largest absolute Gasteiger partial charge is 0.326 e. The fourth-order valence-corrected chi connectivity index (χ4v) is 4.39. The minimum atomic E-state index is -3.57. The molecular weight excluding hydrogens is 298 g/mol. The Morgan fingerprint density at radius 3 is 2.75 bits per heavy atom. The zero-order chi connectivity index (χ0) is 14.9. The third-order valence-electron chi connectivity index (χ3n) is 3.65. The van der Waals surface area contributed by atoms with E-state index < -0.39 is 10.0 Å². The Morgan fingerprint density at radius 2 is 2.20 bits per heavy atom. The van der Waals surface area contributed by atoms with Gasteiger partial charge < -0.3 is 10.6 Å². The lowest BCUT2D eigenvalue weighted by Crippen LogP contribution is -2.36. The number of benzene rings is 1. The molecule has 1 saturated heterocycles. The number of sulfonamides is 1. The molecule has 1 aromatic carbocycles. The standard InChI is InChI=1S/C13H20ClN3O2S/c1-9-10(7-15)5-11(14)6-13(9)20(18,19)16-12-3-4-17(2)8-12/h5-6,12,16H,3-4,7-8,15H2,1-2H3. The molecule has 7 heteroatoms. The quantitative estimate of drug-likeness (QED) is 0.871. The predicted molar refractivity (Wildman–Crippen MR) is 80.3 cm³/mol. The molecule has 0 saturated carbocycles. The number of rotatable bonds is 4. The van der Waals surface area contributed by atoms with Gasteiger partial charge in [0, 0.05) is 24.2 Å². The van der Waals surface area contributed by atoms with Crippen LogP contribution in [0, 0.1) is 6.92 Å². The lowest BCUT2D eigenvalue weighted by atomic mass is 10.1. The van der Waals surface area contributed by atoms with E-state index in [1.54, 1.807) is 13.0 Å². The van der Waals surface area contributed by atoms with E-state index in [0.717, 1.165) is 25.1 Å². The van der Waals surface area contributed by atoms with E-state index in [1.807, 2.05) is 7.05 Å². The first-order chi connectivity index (χ1) is 9.33. The smallest absolute Gasteiger partial charge is 0.241 e. The second kappa shape index (κ2) is 5.99. The van der Waals surface area contributed by atoms with Gasteiger partial charge in [-0.15, -0.1) is 0 Å². The zero-order valence-electron chi connectivity index (χ0n) is 11.7. The van der Waals surface area contributed by atoms with Crippen LogP contribution in [0.5, 0.6) is 0 Å². The van der Waals surface area contributed by atoms with Gasteiger partial charge in [-0.25, -0.2) is 13.1 Å². The highest BCUT2D eigenvalue weighted by Crippen LogP contribution is 2.25. The number of likely N-dealkylation sites (N-methyl/N-ethyl adjacent to an activating group) is 1. The van der Waals surface area contributed by atoms with Crippen LogP contribution >= 0.6 is 11.6 Å². The van der Waals surface area contributed by atoms with Gasteiger partial charge in [0.2, 0.25) is 10.0 Å². The Balaban J connectivity index is 2.32. The van der Waals surface area contributed by atoms with Crippen molar-refractivity contribution in [2.45, 2.75) is 30.8 Å². The first-order valence-corrected chi connectivity index (χ1v) is 8.39. The minimum absolute atomic E-state index is 0.0512. The van der Waals surface area contributed by atoms with Crippen LogP contribution in [0.3, 0.4) is 0 Å². The van der Waals surface area contributed by atoms with Gasteiger partial charge in [0.15, 0.2) is 0 Å². The summed E-state index contributed by atoms with van der Waals surface area (Å²) in [5.41, 5.74) is 7.05. The van der Waals surface area contributed by atoms with Crippen LogP contribution < -0.4 is 10.5 Å². The van der Waals surface area contributed by atoms with Gasteiger partial charge in [-0.2, -0.15) is 0 Å². The van der Waals surface area contributed by atoms with E-state index in [9.17, 15) is 8.42 Å². The summed E-state index contributed by atoms with van der Waals surface area (Å²) in [6, 6.07) is 3.14. The van der Waals surface area contributed by atoms with Gasteiger partial charge in [-0.3, -0.25) is 0 Å². The van der Waals surface area contributed by atoms with Crippen molar-refractivity contribution in [1.29, 1.82) is 0 Å². The molecule has 0 aromatic heterocycles. The second-order valence-electron chi connectivity index (χ2n) is 5.26. The fraction of sp³-hybridized carbons (Fsp3) is 0.538. The summed E-state index contributed by atoms with van der Waals surface area (Å²) in [6.45, 7) is 3.65. The van der Waals surface area contributed by atoms with Gasteiger partial charge in [-0.05, 0) is 50.2 Å². The van der Waals surface area contributed by atoms with Crippen molar-refractivity contribution in [3.8, 4) is 0 Å². The topological polar surface area (TPSA) is 75.4 Å². The maximum Gasteiger partial charge on any atom is 0.241 e. The molecule has 2 rings (SSSR count). The Bertz CT molecular complexity index is 604. The van der Waals surface area contributed by atoms with Crippen LogP contribution in [0.25, 0.3) is 0 Å². The van der Waals surface area contributed by atoms with E-state index in [0.29, 0.717) is 10.6 Å². The van der Waals surface area contributed by atoms with Gasteiger partial charge in [0.1, 0.15) is 0 Å². The molecule has 1 atom stereocenters. The predicted octanol–water partition coefficient (Wildman–Crippen LogP) is 1.09. The van der Waals surface area contributed by atoms with Crippen molar-refractivity contribution in [2.24, 2.45) is 5.73 Å². The molecule has 1 aliphatic heterocycles. The Morgan fingerprint density at radius 1 is 1.50 bits per heavy atom. The van der Waals surface area contributed by atoms with E-state index >= 15 is 0 Å². The zero-order valence-corrected chi connectivity index (χ0v) is 13.3. The maximum absolute atomic E-state index is 12.5. The molecule has 0 aliphatic carbocycles. The number of halogens is 1. The normalized spacial score (nSPS) is 20.5. The number of nitrogens with zero attached hydrogens (tertiary/aromatic N) is 1. The van der Waals surface area contributed by atoms with E-state index in [-0.39, 0.29) is 17.5 Å². The Labute approximate surface area is 125 Å². The molecule has 1 aliphatic rings. The molecular formula is C13H20ClN3O2S. The van der Waals surface area contributed by atoms with Crippen molar-refractivity contribution >= 4 is 21.6 Å². The van der Waals surface area contributed by atoms with E-state index in [2.05, 4.69) is 9.62 Å². The third kappa shape index (κ3) is 3.32. The molecule has 1 heterocycles. The molecule has 0 bridgehead atoms. The monoisotopic (exact) mass is 317 g/mol. The Hall–Kier alpha value is -0.660. The van der Waals surface area contributed by atoms with Crippen LogP contribution in [-0.4, -0.2) is 39.5 Å². The molecule has 3 N–H and O–H groups in total. The minimum Gasteiger partial charge on any atom is -0.326 e. The first-order valence-electron chi connectivity index (χ1n) is 6.53. The molecule has 0 radical (unpaired) electrons. The SMILES string of the molecule is Cc1c(CN)cc(Cl)cc1S(=O)(=O)NC1CCN(C)C1. The van der Waals surface area contributed by atoms with Crippen molar-refractivity contribution in [1.82, 2.24) is 9.62 Å². The van der Waals surface area contributed by atoms with Crippen LogP contribution in [0.1, 0.15) is 17.5 Å². The lowest BCUT2D eigenvalue weighted by molar-refractivity contribution is 0.407. The average Bonchev–Trinajstić information content (AvgIpc) is 2.76. The van der Waals surface area contributed by atoms with Crippen LogP contribution in [0.15, 0.2) is 17.0 Å². The van der Waals surface area contributed by atoms with Crippen molar-refractivity contribution in [3.05, 3.63) is 28.3 Å². The van der Waals surface area contributed by atoms with Crippen molar-refractivity contribution in [2.75, 3.05) is 20.1 Å². The summed E-state index contributed by atoms with van der Waals surface area (Å²) in [6.07, 6.45) is 0.819. The summed E-state index contributed by atoms with van der Waals surface area (Å²) < 4.78 is 27.8. The first kappa shape index (κ1) is 15.7. The summed E-state index contributed by atoms with van der Waals surface area (Å²) in [7, 11) is -1.59. The van der Waals surface area contributed by atoms with Gasteiger partial charge >= 0.3 is 0 Å². The summed E-state index contributed by atoms with van der Waals surface area (Å²) >= 11 is 5.99. The van der Waals surface area contributed by atoms with Crippen LogP contribution in [0.4, 0.5) is 0 Å². The van der Waals surface area contributed by atoms with Gasteiger partial charge in [-0.1, -0.05) is 11.6 Å². The number of nitrogens with one attached hydrogen (secondary N) is 1.